The molecule has 124 valence electrons. The fourth-order valence-corrected chi connectivity index (χ4v) is 3.42. The van der Waals surface area contributed by atoms with Crippen molar-refractivity contribution in [2.24, 2.45) is 5.92 Å². The lowest BCUT2D eigenvalue weighted by molar-refractivity contribution is 0.0917. The molecule has 6 heteroatoms. The van der Waals surface area contributed by atoms with Crippen molar-refractivity contribution in [3.8, 4) is 0 Å². The van der Waals surface area contributed by atoms with E-state index in [9.17, 15) is 14.3 Å². The van der Waals surface area contributed by atoms with Crippen LogP contribution in [0.25, 0.3) is 0 Å². The molecule has 2 aromatic rings. The quantitative estimate of drug-likeness (QED) is 0.851. The van der Waals surface area contributed by atoms with E-state index in [1.807, 2.05) is 0 Å². The van der Waals surface area contributed by atoms with Crippen molar-refractivity contribution in [1.82, 2.24) is 10.3 Å². The van der Waals surface area contributed by atoms with Gasteiger partial charge in [0.15, 0.2) is 0 Å². The van der Waals surface area contributed by atoms with Crippen molar-refractivity contribution in [3.63, 3.8) is 0 Å². The van der Waals surface area contributed by atoms with Gasteiger partial charge in [0.05, 0.1) is 16.8 Å². The van der Waals surface area contributed by atoms with Crippen LogP contribution in [-0.4, -0.2) is 22.5 Å². The average molecular weight is 336 g/mol. The number of aliphatic hydroxyl groups excluding tert-OH is 1. The van der Waals surface area contributed by atoms with E-state index in [0.29, 0.717) is 16.5 Å². The zero-order chi connectivity index (χ0) is 17.0. The Hall–Kier alpha value is -1.79. The fraction of sp³-hybridized carbons (Fsp3) is 0.412. The molecule has 1 heterocycles. The maximum Gasteiger partial charge on any atom is 0.263 e. The first kappa shape index (κ1) is 17.6. The molecule has 1 aromatic carbocycles. The molecular weight excluding hydrogens is 315 g/mol. The first-order valence-electron chi connectivity index (χ1n) is 7.55. The van der Waals surface area contributed by atoms with Crippen molar-refractivity contribution in [3.05, 3.63) is 51.2 Å². The Labute approximate surface area is 139 Å². The van der Waals surface area contributed by atoms with Crippen LogP contribution >= 0.6 is 11.3 Å². The van der Waals surface area contributed by atoms with Crippen LogP contribution in [-0.2, 0) is 6.42 Å². The Balaban J connectivity index is 2.00. The van der Waals surface area contributed by atoms with Gasteiger partial charge in [-0.2, -0.15) is 0 Å². The van der Waals surface area contributed by atoms with E-state index in [1.54, 1.807) is 19.1 Å². The number of rotatable bonds is 6. The highest BCUT2D eigenvalue weighted by Gasteiger charge is 2.18. The maximum atomic E-state index is 13.6. The second kappa shape index (κ2) is 7.66. The van der Waals surface area contributed by atoms with Gasteiger partial charge in [-0.25, -0.2) is 9.37 Å². The Kier molecular flexibility index (Phi) is 5.85. The van der Waals surface area contributed by atoms with Gasteiger partial charge in [0.2, 0.25) is 0 Å². The molecule has 0 aliphatic rings. The van der Waals surface area contributed by atoms with E-state index >= 15 is 0 Å². The SMILES string of the molecule is Cc1nc(CC(C)C)sc1C(=O)NCC(O)c1ccccc1F. The molecule has 1 amide bonds. The third kappa shape index (κ3) is 4.59. The minimum absolute atomic E-state index is 0.0450. The molecule has 0 saturated heterocycles. The van der Waals surface area contributed by atoms with Gasteiger partial charge in [-0.15, -0.1) is 11.3 Å². The second-order valence-corrected chi connectivity index (χ2v) is 6.95. The number of aromatic nitrogens is 1. The first-order chi connectivity index (χ1) is 10.9. The average Bonchev–Trinajstić information content (AvgIpc) is 2.84. The summed E-state index contributed by atoms with van der Waals surface area (Å²) in [7, 11) is 0. The van der Waals surface area contributed by atoms with E-state index in [2.05, 4.69) is 24.1 Å². The van der Waals surface area contributed by atoms with Crippen molar-refractivity contribution in [1.29, 1.82) is 0 Å². The van der Waals surface area contributed by atoms with Crippen LogP contribution in [0.3, 0.4) is 0 Å². The van der Waals surface area contributed by atoms with Crippen molar-refractivity contribution < 1.29 is 14.3 Å². The lowest BCUT2D eigenvalue weighted by Gasteiger charge is -2.12. The predicted molar refractivity (Wildman–Crippen MR) is 89.1 cm³/mol. The molecule has 1 aromatic heterocycles. The summed E-state index contributed by atoms with van der Waals surface area (Å²) < 4.78 is 13.6. The molecule has 0 bridgehead atoms. The predicted octanol–water partition coefficient (Wildman–Crippen LogP) is 3.25. The lowest BCUT2D eigenvalue weighted by atomic mass is 10.1. The van der Waals surface area contributed by atoms with Gasteiger partial charge in [0, 0.05) is 18.5 Å². The van der Waals surface area contributed by atoms with E-state index in [0.717, 1.165) is 11.4 Å². The number of amides is 1. The topological polar surface area (TPSA) is 62.2 Å². The van der Waals surface area contributed by atoms with Gasteiger partial charge >= 0.3 is 0 Å². The minimum Gasteiger partial charge on any atom is -0.386 e. The normalized spacial score (nSPS) is 12.4. The Morgan fingerprint density at radius 1 is 1.39 bits per heavy atom. The van der Waals surface area contributed by atoms with Gasteiger partial charge in [-0.1, -0.05) is 32.0 Å². The van der Waals surface area contributed by atoms with Gasteiger partial charge in [-0.05, 0) is 18.9 Å². The van der Waals surface area contributed by atoms with Crippen LogP contribution in [0.5, 0.6) is 0 Å². The van der Waals surface area contributed by atoms with Crippen LogP contribution in [0.15, 0.2) is 24.3 Å². The largest absolute Gasteiger partial charge is 0.386 e. The summed E-state index contributed by atoms with van der Waals surface area (Å²) in [6.07, 6.45) is -0.250. The van der Waals surface area contributed by atoms with Gasteiger partial charge in [0.25, 0.3) is 5.91 Å². The minimum atomic E-state index is -1.08. The van der Waals surface area contributed by atoms with E-state index in [-0.39, 0.29) is 18.0 Å². The molecule has 2 N–H and O–H groups in total. The molecule has 0 aliphatic heterocycles. The van der Waals surface area contributed by atoms with Gasteiger partial charge in [-0.3, -0.25) is 4.79 Å². The summed E-state index contributed by atoms with van der Waals surface area (Å²) in [6, 6.07) is 5.99. The molecule has 0 aliphatic carbocycles. The number of nitrogens with zero attached hydrogens (tertiary/aromatic N) is 1. The number of aryl methyl sites for hydroxylation is 1. The molecule has 2 rings (SSSR count). The summed E-state index contributed by atoms with van der Waals surface area (Å²) in [5.74, 6) is -0.299. The molecule has 4 nitrogen and oxygen atoms in total. The van der Waals surface area contributed by atoms with E-state index in [4.69, 9.17) is 0 Å². The molecule has 0 radical (unpaired) electrons. The van der Waals surface area contributed by atoms with Crippen LogP contribution in [0.1, 0.15) is 45.9 Å². The number of halogens is 1. The third-order valence-corrected chi connectivity index (χ3v) is 4.53. The second-order valence-electron chi connectivity index (χ2n) is 5.87. The first-order valence-corrected chi connectivity index (χ1v) is 8.37. The Morgan fingerprint density at radius 2 is 2.09 bits per heavy atom. The monoisotopic (exact) mass is 336 g/mol. The molecule has 0 saturated carbocycles. The molecule has 1 atom stereocenters. The van der Waals surface area contributed by atoms with Crippen LogP contribution in [0, 0.1) is 18.7 Å². The van der Waals surface area contributed by atoms with Crippen molar-refractivity contribution in [2.45, 2.75) is 33.3 Å². The van der Waals surface area contributed by atoms with Crippen LogP contribution < -0.4 is 5.32 Å². The van der Waals surface area contributed by atoms with Gasteiger partial charge < -0.3 is 10.4 Å². The summed E-state index contributed by atoms with van der Waals surface area (Å²) in [4.78, 5) is 17.2. The van der Waals surface area contributed by atoms with Crippen molar-refractivity contribution >= 4 is 17.2 Å². The number of aliphatic hydroxyl groups is 1. The lowest BCUT2D eigenvalue weighted by Crippen LogP contribution is -2.28. The van der Waals surface area contributed by atoms with Gasteiger partial charge in [0.1, 0.15) is 10.7 Å². The summed E-state index contributed by atoms with van der Waals surface area (Å²) >= 11 is 1.37. The number of nitrogens with one attached hydrogen (secondary N) is 1. The smallest absolute Gasteiger partial charge is 0.263 e. The number of carbonyl (C=O) groups excluding carboxylic acids is 1. The van der Waals surface area contributed by atoms with E-state index in [1.165, 1.54) is 23.5 Å². The summed E-state index contributed by atoms with van der Waals surface area (Å²) in [6.45, 7) is 5.95. The van der Waals surface area contributed by atoms with Crippen LogP contribution in [0.2, 0.25) is 0 Å². The number of benzene rings is 1. The zero-order valence-corrected chi connectivity index (χ0v) is 14.3. The highest BCUT2D eigenvalue weighted by atomic mass is 32.1. The number of hydrogen-bond donors (Lipinski definition) is 2. The molecule has 23 heavy (non-hydrogen) atoms. The standard InChI is InChI=1S/C17H21FN2O2S/c1-10(2)8-15-20-11(3)16(23-15)17(22)19-9-14(21)12-6-4-5-7-13(12)18/h4-7,10,14,21H,8-9H2,1-3H3,(H,19,22). The summed E-state index contributed by atoms with van der Waals surface area (Å²) in [5.41, 5.74) is 0.859. The van der Waals surface area contributed by atoms with Crippen LogP contribution in [0.4, 0.5) is 4.39 Å². The number of hydrogen-bond acceptors (Lipinski definition) is 4. The molecular formula is C17H21FN2O2S. The summed E-state index contributed by atoms with van der Waals surface area (Å²) in [5, 5.41) is 13.6. The number of carbonyl (C=O) groups is 1. The zero-order valence-electron chi connectivity index (χ0n) is 13.5. The highest BCUT2D eigenvalue weighted by molar-refractivity contribution is 7.13. The van der Waals surface area contributed by atoms with E-state index < -0.39 is 11.9 Å². The Morgan fingerprint density at radius 3 is 2.74 bits per heavy atom. The molecule has 0 fully saturated rings. The number of thiazole rings is 1. The third-order valence-electron chi connectivity index (χ3n) is 3.35. The maximum absolute atomic E-state index is 13.6. The highest BCUT2D eigenvalue weighted by Crippen LogP contribution is 2.21. The molecule has 0 spiro atoms. The Bertz CT molecular complexity index is 685. The molecule has 1 unspecified atom stereocenters. The fourth-order valence-electron chi connectivity index (χ4n) is 2.22. The van der Waals surface area contributed by atoms with Crippen molar-refractivity contribution in [2.75, 3.05) is 6.54 Å².